The quantitative estimate of drug-likeness (QED) is 0.769. The number of benzene rings is 1. The number of nitrogens with zero attached hydrogens (tertiary/aromatic N) is 1. The van der Waals surface area contributed by atoms with Gasteiger partial charge in [0.15, 0.2) is 11.5 Å². The summed E-state index contributed by atoms with van der Waals surface area (Å²) in [6.45, 7) is 8.92. The maximum Gasteiger partial charge on any atom is 0.231 e. The molecule has 3 heterocycles. The molecule has 0 radical (unpaired) electrons. The third-order valence-corrected chi connectivity index (χ3v) is 4.85. The molecule has 4 rings (SSSR count). The monoisotopic (exact) mass is 271 g/mol. The van der Waals surface area contributed by atoms with E-state index in [1.54, 1.807) is 0 Å². The Bertz CT molecular complexity index is 566. The van der Waals surface area contributed by atoms with Crippen LogP contribution in [-0.4, -0.2) is 24.3 Å². The molecule has 1 aromatic rings. The highest BCUT2D eigenvalue weighted by Gasteiger charge is 2.38. The lowest BCUT2D eigenvalue weighted by atomic mass is 9.80. The minimum absolute atomic E-state index is 0.358. The fourth-order valence-corrected chi connectivity index (χ4v) is 4.03. The predicted molar refractivity (Wildman–Crippen MR) is 78.2 cm³/mol. The molecule has 0 aliphatic carbocycles. The molecule has 3 nitrogen and oxygen atoms in total. The molecule has 0 bridgehead atoms. The summed E-state index contributed by atoms with van der Waals surface area (Å²) in [5.74, 6) is 2.39. The number of rotatable bonds is 2. The molecule has 0 unspecified atom stereocenters. The van der Waals surface area contributed by atoms with Gasteiger partial charge < -0.3 is 9.47 Å². The van der Waals surface area contributed by atoms with Gasteiger partial charge >= 0.3 is 0 Å². The van der Waals surface area contributed by atoms with Gasteiger partial charge in [0.25, 0.3) is 0 Å². The lowest BCUT2D eigenvalue weighted by Crippen LogP contribution is -2.38. The van der Waals surface area contributed by atoms with Crippen LogP contribution < -0.4 is 9.47 Å². The van der Waals surface area contributed by atoms with Crippen molar-refractivity contribution in [2.75, 3.05) is 13.3 Å². The molecule has 1 aromatic carbocycles. The molecule has 3 aliphatic rings. The van der Waals surface area contributed by atoms with E-state index >= 15 is 0 Å². The lowest BCUT2D eigenvalue weighted by Gasteiger charge is -2.38. The zero-order valence-electron chi connectivity index (χ0n) is 12.0. The smallest absolute Gasteiger partial charge is 0.231 e. The second kappa shape index (κ2) is 4.52. The number of hydrogen-bond donors (Lipinski definition) is 0. The van der Waals surface area contributed by atoms with Crippen molar-refractivity contribution >= 4 is 0 Å². The summed E-state index contributed by atoms with van der Waals surface area (Å²) in [5.41, 5.74) is 4.14. The second-order valence-electron chi connectivity index (χ2n) is 6.35. The van der Waals surface area contributed by atoms with Crippen molar-refractivity contribution in [1.29, 1.82) is 0 Å². The van der Waals surface area contributed by atoms with Crippen molar-refractivity contribution < 1.29 is 9.47 Å². The predicted octanol–water partition coefficient (Wildman–Crippen LogP) is 3.44. The minimum Gasteiger partial charge on any atom is -0.454 e. The highest BCUT2D eigenvalue weighted by molar-refractivity contribution is 5.51. The van der Waals surface area contributed by atoms with Crippen molar-refractivity contribution in [3.63, 3.8) is 0 Å². The fourth-order valence-electron chi connectivity index (χ4n) is 4.03. The standard InChI is InChI=1S/C17H21NO2/c1-11(2)6-14-13-8-17-16(19-10-20-17)7-12(13)9-18-5-3-4-15(14)18/h7-8,14-15H,1,3-6,9-10H2,2H3/t14-,15+/m1/s1. The van der Waals surface area contributed by atoms with E-state index in [9.17, 15) is 0 Å². The first-order valence-corrected chi connectivity index (χ1v) is 7.53. The van der Waals surface area contributed by atoms with Gasteiger partial charge in [0.1, 0.15) is 0 Å². The minimum atomic E-state index is 0.358. The van der Waals surface area contributed by atoms with Crippen LogP contribution in [0.3, 0.4) is 0 Å². The van der Waals surface area contributed by atoms with Gasteiger partial charge in [-0.15, -0.1) is 6.58 Å². The van der Waals surface area contributed by atoms with Gasteiger partial charge in [-0.2, -0.15) is 0 Å². The molecule has 3 aliphatic heterocycles. The van der Waals surface area contributed by atoms with Crippen molar-refractivity contribution in [3.8, 4) is 11.5 Å². The Morgan fingerprint density at radius 3 is 2.95 bits per heavy atom. The Hall–Kier alpha value is -1.48. The van der Waals surface area contributed by atoms with Crippen LogP contribution in [0.1, 0.15) is 43.2 Å². The molecule has 0 spiro atoms. The van der Waals surface area contributed by atoms with Gasteiger partial charge in [0.2, 0.25) is 6.79 Å². The van der Waals surface area contributed by atoms with Crippen LogP contribution in [0.5, 0.6) is 11.5 Å². The first-order chi connectivity index (χ1) is 9.72. The SMILES string of the molecule is C=C(C)C[C@@H]1c2cc3c(cc2CN2CCC[C@@H]12)OCO3. The van der Waals surface area contributed by atoms with Gasteiger partial charge in [-0.05, 0) is 56.0 Å². The van der Waals surface area contributed by atoms with Crippen LogP contribution in [0.15, 0.2) is 24.3 Å². The van der Waals surface area contributed by atoms with Gasteiger partial charge in [-0.25, -0.2) is 0 Å². The van der Waals surface area contributed by atoms with Crippen LogP contribution in [0, 0.1) is 0 Å². The summed E-state index contributed by atoms with van der Waals surface area (Å²) >= 11 is 0. The summed E-state index contributed by atoms with van der Waals surface area (Å²) in [6, 6.07) is 5.10. The van der Waals surface area contributed by atoms with Crippen molar-refractivity contribution in [3.05, 3.63) is 35.4 Å². The molecule has 0 N–H and O–H groups in total. The molecule has 0 amide bonds. The van der Waals surface area contributed by atoms with Crippen LogP contribution in [-0.2, 0) is 6.54 Å². The van der Waals surface area contributed by atoms with Crippen LogP contribution in [0.4, 0.5) is 0 Å². The van der Waals surface area contributed by atoms with E-state index in [1.165, 1.54) is 36.1 Å². The van der Waals surface area contributed by atoms with E-state index in [-0.39, 0.29) is 0 Å². The van der Waals surface area contributed by atoms with Gasteiger partial charge in [0, 0.05) is 18.5 Å². The van der Waals surface area contributed by atoms with Crippen molar-refractivity contribution in [2.45, 2.75) is 44.7 Å². The first kappa shape index (κ1) is 12.3. The molecule has 20 heavy (non-hydrogen) atoms. The van der Waals surface area contributed by atoms with E-state index < -0.39 is 0 Å². The molecule has 1 saturated heterocycles. The Kier molecular flexibility index (Phi) is 2.77. The van der Waals surface area contributed by atoms with Crippen LogP contribution in [0.2, 0.25) is 0 Å². The Balaban J connectivity index is 1.79. The summed E-state index contributed by atoms with van der Waals surface area (Å²) < 4.78 is 11.1. The van der Waals surface area contributed by atoms with E-state index in [0.29, 0.717) is 18.8 Å². The topological polar surface area (TPSA) is 21.7 Å². The second-order valence-corrected chi connectivity index (χ2v) is 6.35. The fraction of sp³-hybridized carbons (Fsp3) is 0.529. The largest absolute Gasteiger partial charge is 0.454 e. The number of allylic oxidation sites excluding steroid dienone is 1. The normalized spacial score (nSPS) is 27.2. The summed E-state index contributed by atoms with van der Waals surface area (Å²) in [7, 11) is 0. The Morgan fingerprint density at radius 1 is 1.35 bits per heavy atom. The van der Waals surface area contributed by atoms with E-state index in [0.717, 1.165) is 24.5 Å². The summed E-state index contributed by atoms with van der Waals surface area (Å²) in [5, 5.41) is 0. The zero-order chi connectivity index (χ0) is 13.7. The van der Waals surface area contributed by atoms with Gasteiger partial charge in [0.05, 0.1) is 0 Å². The molecule has 106 valence electrons. The Labute approximate surface area is 120 Å². The van der Waals surface area contributed by atoms with Crippen molar-refractivity contribution in [1.82, 2.24) is 4.90 Å². The van der Waals surface area contributed by atoms with E-state index in [4.69, 9.17) is 9.47 Å². The average molecular weight is 271 g/mol. The molecule has 3 heteroatoms. The lowest BCUT2D eigenvalue weighted by molar-refractivity contribution is 0.174. The maximum absolute atomic E-state index is 5.57. The number of fused-ring (bicyclic) bond motifs is 3. The van der Waals surface area contributed by atoms with Gasteiger partial charge in [-0.1, -0.05) is 5.57 Å². The van der Waals surface area contributed by atoms with Crippen molar-refractivity contribution in [2.24, 2.45) is 0 Å². The number of hydrogen-bond acceptors (Lipinski definition) is 3. The van der Waals surface area contributed by atoms with E-state index in [2.05, 4.69) is 30.5 Å². The third-order valence-electron chi connectivity index (χ3n) is 4.85. The van der Waals surface area contributed by atoms with Crippen LogP contribution >= 0.6 is 0 Å². The number of ether oxygens (including phenoxy) is 2. The Morgan fingerprint density at radius 2 is 2.15 bits per heavy atom. The summed E-state index contributed by atoms with van der Waals surface area (Å²) in [4.78, 5) is 2.64. The molecular weight excluding hydrogens is 250 g/mol. The molecule has 0 aromatic heterocycles. The van der Waals surface area contributed by atoms with E-state index in [1.807, 2.05) is 0 Å². The highest BCUT2D eigenvalue weighted by Crippen LogP contribution is 2.46. The first-order valence-electron chi connectivity index (χ1n) is 7.53. The maximum atomic E-state index is 5.57. The zero-order valence-corrected chi connectivity index (χ0v) is 12.0. The highest BCUT2D eigenvalue weighted by atomic mass is 16.7. The average Bonchev–Trinajstić information content (AvgIpc) is 3.03. The summed E-state index contributed by atoms with van der Waals surface area (Å²) in [6.07, 6.45) is 3.71. The molecule has 0 saturated carbocycles. The molecular formula is C17H21NO2. The van der Waals surface area contributed by atoms with Gasteiger partial charge in [-0.3, -0.25) is 4.90 Å². The third kappa shape index (κ3) is 1.84. The molecule has 1 fully saturated rings. The van der Waals surface area contributed by atoms with Crippen LogP contribution in [0.25, 0.3) is 0 Å². The molecule has 2 atom stereocenters.